The Morgan fingerprint density at radius 1 is 0.950 bits per heavy atom. The van der Waals surface area contributed by atoms with Crippen molar-refractivity contribution in [1.29, 1.82) is 0 Å². The average Bonchev–Trinajstić information content (AvgIpc) is 2.44. The molecule has 0 aromatic heterocycles. The van der Waals surface area contributed by atoms with Crippen LogP contribution in [-0.4, -0.2) is 60.1 Å². The highest BCUT2D eigenvalue weighted by Gasteiger charge is 2.15. The molecule has 0 radical (unpaired) electrons. The molecule has 1 heterocycles. The third kappa shape index (κ3) is 8.19. The molecule has 0 bridgehead atoms. The van der Waals surface area contributed by atoms with Gasteiger partial charge in [0.15, 0.2) is 0 Å². The maximum atomic E-state index is 10.4. The number of aliphatic carboxylic acids is 1. The molecule has 0 spiro atoms. The van der Waals surface area contributed by atoms with E-state index in [-0.39, 0.29) is 0 Å². The molecule has 4 heteroatoms. The topological polar surface area (TPSA) is 43.8 Å². The van der Waals surface area contributed by atoms with Crippen LogP contribution in [0.3, 0.4) is 0 Å². The van der Waals surface area contributed by atoms with Crippen molar-refractivity contribution >= 4 is 5.97 Å². The third-order valence-electron chi connectivity index (χ3n) is 3.88. The molecule has 1 N–H and O–H groups in total. The number of carbonyl (C=O) groups is 1. The van der Waals surface area contributed by atoms with Gasteiger partial charge < -0.3 is 14.9 Å². The summed E-state index contributed by atoms with van der Waals surface area (Å²) in [7, 11) is 0. The van der Waals surface area contributed by atoms with Crippen LogP contribution in [-0.2, 0) is 4.79 Å². The van der Waals surface area contributed by atoms with Gasteiger partial charge in [0.25, 0.3) is 0 Å². The van der Waals surface area contributed by atoms with E-state index in [0.717, 1.165) is 64.8 Å². The molecule has 0 saturated carbocycles. The quantitative estimate of drug-likeness (QED) is 0.491. The van der Waals surface area contributed by atoms with E-state index in [1.54, 1.807) is 0 Å². The summed E-state index contributed by atoms with van der Waals surface area (Å²) >= 11 is 0. The molecule has 1 rings (SSSR count). The fourth-order valence-electron chi connectivity index (χ4n) is 2.59. The molecule has 4 nitrogen and oxygen atoms in total. The van der Waals surface area contributed by atoms with E-state index in [1.165, 1.54) is 13.0 Å². The minimum absolute atomic E-state index is 0.311. The Bertz CT molecular complexity index is 304. The molecule has 1 fully saturated rings. The van der Waals surface area contributed by atoms with Gasteiger partial charge in [-0.05, 0) is 38.8 Å². The van der Waals surface area contributed by atoms with Crippen molar-refractivity contribution < 1.29 is 9.90 Å². The number of rotatable bonds is 10. The molecular formula is C16H28N2O2. The van der Waals surface area contributed by atoms with Gasteiger partial charge >= 0.3 is 5.97 Å². The number of unbranched alkanes of at least 4 members (excludes halogenated alkanes) is 4. The van der Waals surface area contributed by atoms with E-state index in [9.17, 15) is 4.79 Å². The van der Waals surface area contributed by atoms with E-state index in [0.29, 0.717) is 6.42 Å². The number of nitrogens with zero attached hydrogens (tertiary/aromatic N) is 2. The largest absolute Gasteiger partial charge is 0.481 e. The zero-order valence-electron chi connectivity index (χ0n) is 12.5. The predicted molar refractivity (Wildman–Crippen MR) is 81.7 cm³/mol. The first-order valence-electron chi connectivity index (χ1n) is 7.82. The number of hydrogen-bond donors (Lipinski definition) is 1. The Hall–Kier alpha value is -1.05. The maximum Gasteiger partial charge on any atom is 0.303 e. The predicted octanol–water partition coefficient (Wildman–Crippen LogP) is 2.05. The highest BCUT2D eigenvalue weighted by Crippen LogP contribution is 2.07. The van der Waals surface area contributed by atoms with E-state index >= 15 is 0 Å². The molecule has 20 heavy (non-hydrogen) atoms. The first-order chi connectivity index (χ1) is 9.72. The summed E-state index contributed by atoms with van der Waals surface area (Å²) < 4.78 is 0. The van der Waals surface area contributed by atoms with Gasteiger partial charge in [0.1, 0.15) is 0 Å². The van der Waals surface area contributed by atoms with Crippen LogP contribution in [0.5, 0.6) is 0 Å². The van der Waals surface area contributed by atoms with E-state index in [2.05, 4.69) is 15.7 Å². The molecule has 0 amide bonds. The minimum atomic E-state index is -0.677. The Morgan fingerprint density at radius 2 is 1.50 bits per heavy atom. The SMILES string of the molecule is C#CCCCCN1CCN(CCCCCC(=O)O)CC1. The number of terminal acetylenes is 1. The van der Waals surface area contributed by atoms with Crippen molar-refractivity contribution in [1.82, 2.24) is 9.80 Å². The van der Waals surface area contributed by atoms with Crippen LogP contribution < -0.4 is 0 Å². The van der Waals surface area contributed by atoms with Crippen LogP contribution in [0.25, 0.3) is 0 Å². The molecule has 0 aliphatic carbocycles. The zero-order valence-corrected chi connectivity index (χ0v) is 12.5. The monoisotopic (exact) mass is 280 g/mol. The highest BCUT2D eigenvalue weighted by molar-refractivity contribution is 5.66. The second-order valence-electron chi connectivity index (χ2n) is 5.55. The Morgan fingerprint density at radius 3 is 2.00 bits per heavy atom. The summed E-state index contributed by atoms with van der Waals surface area (Å²) in [5.74, 6) is 2.01. The summed E-state index contributed by atoms with van der Waals surface area (Å²) in [5.41, 5.74) is 0. The van der Waals surface area contributed by atoms with Gasteiger partial charge in [-0.25, -0.2) is 0 Å². The van der Waals surface area contributed by atoms with Gasteiger partial charge in [-0.15, -0.1) is 12.3 Å². The Kier molecular flexibility index (Phi) is 9.10. The Balaban J connectivity index is 1.96. The first kappa shape index (κ1) is 17.0. The zero-order chi connectivity index (χ0) is 14.6. The average molecular weight is 280 g/mol. The number of piperazine rings is 1. The smallest absolute Gasteiger partial charge is 0.303 e. The normalized spacial score (nSPS) is 16.9. The van der Waals surface area contributed by atoms with E-state index < -0.39 is 5.97 Å². The van der Waals surface area contributed by atoms with Crippen LogP contribution in [0.15, 0.2) is 0 Å². The lowest BCUT2D eigenvalue weighted by Crippen LogP contribution is -2.46. The number of carboxylic acid groups (broad SMARTS) is 1. The van der Waals surface area contributed by atoms with Gasteiger partial charge in [-0.2, -0.15) is 0 Å². The molecule has 1 saturated heterocycles. The van der Waals surface area contributed by atoms with Crippen LogP contribution in [0.1, 0.15) is 44.9 Å². The van der Waals surface area contributed by atoms with Gasteiger partial charge in [0, 0.05) is 39.0 Å². The molecule has 114 valence electrons. The Labute approximate surface area is 123 Å². The molecular weight excluding hydrogens is 252 g/mol. The molecule has 0 atom stereocenters. The molecule has 1 aliphatic heterocycles. The standard InChI is InChI=1S/C16H28N2O2/c1-2-3-4-7-10-17-12-14-18(15-13-17)11-8-5-6-9-16(19)20/h1H,3-15H2,(H,19,20). The first-order valence-corrected chi connectivity index (χ1v) is 7.82. The molecule has 1 aliphatic rings. The molecule has 0 aromatic rings. The van der Waals surface area contributed by atoms with Crippen molar-refractivity contribution in [2.24, 2.45) is 0 Å². The van der Waals surface area contributed by atoms with Crippen LogP contribution in [0, 0.1) is 12.3 Å². The van der Waals surface area contributed by atoms with Gasteiger partial charge in [-0.3, -0.25) is 4.79 Å². The van der Waals surface area contributed by atoms with Crippen LogP contribution in [0.4, 0.5) is 0 Å². The third-order valence-corrected chi connectivity index (χ3v) is 3.88. The minimum Gasteiger partial charge on any atom is -0.481 e. The fourth-order valence-corrected chi connectivity index (χ4v) is 2.59. The van der Waals surface area contributed by atoms with Gasteiger partial charge in [0.05, 0.1) is 0 Å². The molecule has 0 aromatic carbocycles. The number of carboxylic acids is 1. The second-order valence-corrected chi connectivity index (χ2v) is 5.55. The van der Waals surface area contributed by atoms with E-state index in [1.807, 2.05) is 0 Å². The summed E-state index contributed by atoms with van der Waals surface area (Å²) in [6.07, 6.45) is 11.8. The lowest BCUT2D eigenvalue weighted by atomic mass is 10.1. The second kappa shape index (κ2) is 10.7. The fraction of sp³-hybridized carbons (Fsp3) is 0.812. The number of hydrogen-bond acceptors (Lipinski definition) is 3. The lowest BCUT2D eigenvalue weighted by Gasteiger charge is -2.34. The van der Waals surface area contributed by atoms with Crippen molar-refractivity contribution in [2.45, 2.75) is 44.9 Å². The van der Waals surface area contributed by atoms with Crippen molar-refractivity contribution in [3.05, 3.63) is 0 Å². The van der Waals surface area contributed by atoms with E-state index in [4.69, 9.17) is 11.5 Å². The van der Waals surface area contributed by atoms with Crippen molar-refractivity contribution in [2.75, 3.05) is 39.3 Å². The lowest BCUT2D eigenvalue weighted by molar-refractivity contribution is -0.137. The van der Waals surface area contributed by atoms with Crippen LogP contribution in [0.2, 0.25) is 0 Å². The van der Waals surface area contributed by atoms with Crippen molar-refractivity contribution in [3.63, 3.8) is 0 Å². The summed E-state index contributed by atoms with van der Waals surface area (Å²) in [6, 6.07) is 0. The van der Waals surface area contributed by atoms with Crippen molar-refractivity contribution in [3.8, 4) is 12.3 Å². The summed E-state index contributed by atoms with van der Waals surface area (Å²) in [6.45, 7) is 6.90. The van der Waals surface area contributed by atoms with Gasteiger partial charge in [0.2, 0.25) is 0 Å². The highest BCUT2D eigenvalue weighted by atomic mass is 16.4. The molecule has 0 unspecified atom stereocenters. The van der Waals surface area contributed by atoms with Gasteiger partial charge in [-0.1, -0.05) is 6.42 Å². The van der Waals surface area contributed by atoms with Crippen LogP contribution >= 0.6 is 0 Å². The maximum absolute atomic E-state index is 10.4. The summed E-state index contributed by atoms with van der Waals surface area (Å²) in [4.78, 5) is 15.4. The summed E-state index contributed by atoms with van der Waals surface area (Å²) in [5, 5.41) is 8.57.